The molecule has 29 heavy (non-hydrogen) atoms. The van der Waals surface area contributed by atoms with Crippen LogP contribution >= 0.6 is 0 Å². The second kappa shape index (κ2) is 8.56. The largest absolute Gasteiger partial charge is 0.477 e. The molecule has 0 bridgehead atoms. The van der Waals surface area contributed by atoms with Gasteiger partial charge in [0.05, 0.1) is 16.4 Å². The smallest absolute Gasteiger partial charge is 0.310 e. The zero-order valence-corrected chi connectivity index (χ0v) is 16.2. The first-order valence-electron chi connectivity index (χ1n) is 8.86. The summed E-state index contributed by atoms with van der Waals surface area (Å²) in [6.45, 7) is -0.651. The van der Waals surface area contributed by atoms with E-state index < -0.39 is 39.1 Å². The van der Waals surface area contributed by atoms with E-state index in [1.807, 2.05) is 0 Å². The van der Waals surface area contributed by atoms with Crippen LogP contribution in [0.4, 0.5) is 10.1 Å². The number of nitro groups is 1. The summed E-state index contributed by atoms with van der Waals surface area (Å²) < 4.78 is 43.2. The summed E-state index contributed by atoms with van der Waals surface area (Å²) in [4.78, 5) is 24.6. The zero-order chi connectivity index (χ0) is 21.0. The normalized spacial score (nSPS) is 17.6. The predicted molar refractivity (Wildman–Crippen MR) is 103 cm³/mol. The fourth-order valence-corrected chi connectivity index (χ4v) is 4.94. The highest BCUT2D eigenvalue weighted by Gasteiger charge is 2.35. The lowest BCUT2D eigenvalue weighted by atomic mass is 10.1. The number of sulfone groups is 1. The fraction of sp³-hybridized carbons (Fsp3) is 0.316. The lowest BCUT2D eigenvalue weighted by molar-refractivity contribution is -0.385. The van der Waals surface area contributed by atoms with Crippen LogP contribution in [0.15, 0.2) is 48.5 Å². The van der Waals surface area contributed by atoms with Crippen molar-refractivity contribution in [3.8, 4) is 5.75 Å². The standard InChI is InChI=1S/C19H19FN2O6S/c20-16-6-2-1-5-14(16)11-21(15-9-10-29(26,27)13-15)19(23)12-28-18-8-4-3-7-17(18)22(24)25/h1-8,15H,9-13H2. The highest BCUT2D eigenvalue weighted by molar-refractivity contribution is 7.91. The first-order chi connectivity index (χ1) is 13.8. The van der Waals surface area contributed by atoms with Gasteiger partial charge >= 0.3 is 5.69 Å². The van der Waals surface area contributed by atoms with Gasteiger partial charge in [-0.1, -0.05) is 30.3 Å². The van der Waals surface area contributed by atoms with Crippen molar-refractivity contribution >= 4 is 21.4 Å². The lowest BCUT2D eigenvalue weighted by Crippen LogP contribution is -2.43. The van der Waals surface area contributed by atoms with E-state index in [0.29, 0.717) is 0 Å². The van der Waals surface area contributed by atoms with Gasteiger partial charge < -0.3 is 9.64 Å². The molecule has 1 atom stereocenters. The maximum Gasteiger partial charge on any atom is 0.310 e. The Labute approximate surface area is 167 Å². The Morgan fingerprint density at radius 1 is 1.21 bits per heavy atom. The highest BCUT2D eigenvalue weighted by Crippen LogP contribution is 2.26. The summed E-state index contributed by atoms with van der Waals surface area (Å²) >= 11 is 0. The maximum absolute atomic E-state index is 14.1. The Kier molecular flexibility index (Phi) is 6.12. The molecule has 1 aliphatic rings. The third-order valence-corrected chi connectivity index (χ3v) is 6.43. The van der Waals surface area contributed by atoms with Crippen molar-refractivity contribution in [1.82, 2.24) is 4.90 Å². The van der Waals surface area contributed by atoms with E-state index in [4.69, 9.17) is 4.74 Å². The third-order valence-electron chi connectivity index (χ3n) is 4.68. The molecule has 0 N–H and O–H groups in total. The summed E-state index contributed by atoms with van der Waals surface area (Å²) in [7, 11) is -3.28. The van der Waals surface area contributed by atoms with Crippen LogP contribution in [-0.4, -0.2) is 48.3 Å². The van der Waals surface area contributed by atoms with Crippen molar-refractivity contribution in [2.24, 2.45) is 0 Å². The predicted octanol–water partition coefficient (Wildman–Crippen LogP) is 2.33. The van der Waals surface area contributed by atoms with E-state index in [0.717, 1.165) is 0 Å². The van der Waals surface area contributed by atoms with Crippen molar-refractivity contribution in [2.45, 2.75) is 19.0 Å². The van der Waals surface area contributed by atoms with Crippen LogP contribution in [0.2, 0.25) is 0 Å². The molecule has 1 unspecified atom stereocenters. The molecule has 1 heterocycles. The van der Waals surface area contributed by atoms with Gasteiger partial charge in [0.2, 0.25) is 0 Å². The van der Waals surface area contributed by atoms with Crippen LogP contribution in [-0.2, 0) is 21.2 Å². The van der Waals surface area contributed by atoms with E-state index in [1.165, 1.54) is 47.4 Å². The molecule has 0 aliphatic carbocycles. The molecule has 1 saturated heterocycles. The topological polar surface area (TPSA) is 107 Å². The number of carbonyl (C=O) groups is 1. The van der Waals surface area contributed by atoms with Crippen molar-refractivity contribution in [2.75, 3.05) is 18.1 Å². The minimum absolute atomic E-state index is 0.0519. The number of para-hydroxylation sites is 2. The molecule has 0 radical (unpaired) electrons. The quantitative estimate of drug-likeness (QED) is 0.501. The highest BCUT2D eigenvalue weighted by atomic mass is 32.2. The molecule has 10 heteroatoms. The van der Waals surface area contributed by atoms with Gasteiger partial charge in [-0.3, -0.25) is 14.9 Å². The number of rotatable bonds is 7. The van der Waals surface area contributed by atoms with Gasteiger partial charge in [-0.15, -0.1) is 0 Å². The summed E-state index contributed by atoms with van der Waals surface area (Å²) in [5, 5.41) is 11.1. The molecule has 0 spiro atoms. The molecule has 1 fully saturated rings. The van der Waals surface area contributed by atoms with E-state index in [-0.39, 0.29) is 41.5 Å². The maximum atomic E-state index is 14.1. The van der Waals surface area contributed by atoms with Gasteiger partial charge in [0.25, 0.3) is 5.91 Å². The molecule has 154 valence electrons. The average Bonchev–Trinajstić information content (AvgIpc) is 3.05. The van der Waals surface area contributed by atoms with Gasteiger partial charge in [0.15, 0.2) is 22.2 Å². The van der Waals surface area contributed by atoms with E-state index in [1.54, 1.807) is 6.07 Å². The van der Waals surface area contributed by atoms with Crippen molar-refractivity contribution in [3.05, 3.63) is 70.0 Å². The van der Waals surface area contributed by atoms with Crippen LogP contribution in [0.25, 0.3) is 0 Å². The molecule has 2 aromatic rings. The minimum Gasteiger partial charge on any atom is -0.477 e. The number of carbonyl (C=O) groups excluding carboxylic acids is 1. The monoisotopic (exact) mass is 422 g/mol. The summed E-state index contributed by atoms with van der Waals surface area (Å²) in [5.41, 5.74) is -0.0414. The Balaban J connectivity index is 1.79. The van der Waals surface area contributed by atoms with Gasteiger partial charge in [-0.2, -0.15) is 0 Å². The van der Waals surface area contributed by atoms with Crippen LogP contribution in [0.1, 0.15) is 12.0 Å². The molecule has 0 aromatic heterocycles. The summed E-state index contributed by atoms with van der Waals surface area (Å²) in [6, 6.07) is 10.9. The molecule has 3 rings (SSSR count). The van der Waals surface area contributed by atoms with Crippen molar-refractivity contribution in [1.29, 1.82) is 0 Å². The summed E-state index contributed by atoms with van der Waals surface area (Å²) in [6.07, 6.45) is 0.244. The molecule has 0 saturated carbocycles. The molecule has 1 aliphatic heterocycles. The Morgan fingerprint density at radius 3 is 2.55 bits per heavy atom. The van der Waals surface area contributed by atoms with Gasteiger partial charge in [-0.25, -0.2) is 12.8 Å². The number of benzene rings is 2. The van der Waals surface area contributed by atoms with Crippen LogP contribution in [0, 0.1) is 15.9 Å². The third kappa shape index (κ3) is 5.08. The number of amides is 1. The number of hydrogen-bond donors (Lipinski definition) is 0. The molecular weight excluding hydrogens is 403 g/mol. The fourth-order valence-electron chi connectivity index (χ4n) is 3.20. The van der Waals surface area contributed by atoms with E-state index in [9.17, 15) is 27.7 Å². The number of halogens is 1. The molecular formula is C19H19FN2O6S. The Morgan fingerprint density at radius 2 is 1.90 bits per heavy atom. The molecule has 1 amide bonds. The van der Waals surface area contributed by atoms with Gasteiger partial charge in [0.1, 0.15) is 5.82 Å². The van der Waals surface area contributed by atoms with Crippen LogP contribution < -0.4 is 4.74 Å². The van der Waals surface area contributed by atoms with Crippen molar-refractivity contribution in [3.63, 3.8) is 0 Å². The molecule has 8 nitrogen and oxygen atoms in total. The van der Waals surface area contributed by atoms with Gasteiger partial charge in [-0.05, 0) is 18.6 Å². The number of nitrogens with zero attached hydrogens (tertiary/aromatic N) is 2. The SMILES string of the molecule is O=C(COc1ccccc1[N+](=O)[O-])N(Cc1ccccc1F)C1CCS(=O)(=O)C1. The van der Waals surface area contributed by atoms with E-state index in [2.05, 4.69) is 0 Å². The molecule has 2 aromatic carbocycles. The van der Waals surface area contributed by atoms with Crippen LogP contribution in [0.3, 0.4) is 0 Å². The van der Waals surface area contributed by atoms with Gasteiger partial charge in [0, 0.05) is 24.2 Å². The van der Waals surface area contributed by atoms with Crippen LogP contribution in [0.5, 0.6) is 5.75 Å². The second-order valence-corrected chi connectivity index (χ2v) is 8.91. The number of nitro benzene ring substituents is 1. The number of ether oxygens (including phenoxy) is 1. The van der Waals surface area contributed by atoms with Crippen molar-refractivity contribution < 1.29 is 27.3 Å². The first kappa shape index (κ1) is 20.7. The average molecular weight is 422 g/mol. The first-order valence-corrected chi connectivity index (χ1v) is 10.7. The lowest BCUT2D eigenvalue weighted by Gasteiger charge is -2.28. The summed E-state index contributed by atoms with van der Waals surface area (Å²) in [5.74, 6) is -1.42. The Hall–Kier alpha value is -3.01. The zero-order valence-electron chi connectivity index (χ0n) is 15.4. The minimum atomic E-state index is -3.28. The second-order valence-electron chi connectivity index (χ2n) is 6.68. The Bertz CT molecular complexity index is 1030. The van der Waals surface area contributed by atoms with E-state index >= 15 is 0 Å². The number of hydrogen-bond acceptors (Lipinski definition) is 6.